The lowest BCUT2D eigenvalue weighted by atomic mass is 9.84. The molecule has 3 heterocycles. The Morgan fingerprint density at radius 2 is 1.21 bits per heavy atom. The summed E-state index contributed by atoms with van der Waals surface area (Å²) in [6.45, 7) is 0. The molecule has 0 saturated carbocycles. The van der Waals surface area contributed by atoms with Crippen LogP contribution in [0.4, 0.5) is 0 Å². The minimum atomic E-state index is -0.103. The molecule has 0 aliphatic heterocycles. The van der Waals surface area contributed by atoms with Crippen LogP contribution in [0.3, 0.4) is 0 Å². The van der Waals surface area contributed by atoms with Gasteiger partial charge in [0.15, 0.2) is 0 Å². The topological polar surface area (TPSA) is 53.6 Å². The number of benzene rings is 3. The van der Waals surface area contributed by atoms with E-state index in [-0.39, 0.29) is 5.92 Å². The lowest BCUT2D eigenvalue weighted by Crippen LogP contribution is -2.02. The number of rotatable bonds is 4. The number of halogens is 3. The molecule has 0 amide bonds. The normalized spacial score (nSPS) is 11.9. The van der Waals surface area contributed by atoms with Gasteiger partial charge in [-0.3, -0.25) is 9.36 Å². The number of nitrogens with one attached hydrogen (secondary N) is 2. The van der Waals surface area contributed by atoms with Crippen LogP contribution in [-0.4, -0.2) is 20.9 Å². The molecule has 0 aliphatic carbocycles. The second-order valence-corrected chi connectivity index (χ2v) is 10.8. The van der Waals surface area contributed by atoms with Crippen molar-refractivity contribution < 1.29 is 4.79 Å². The average molecular weight is 626 g/mol. The van der Waals surface area contributed by atoms with Crippen molar-refractivity contribution in [2.45, 2.75) is 5.92 Å². The van der Waals surface area contributed by atoms with Crippen LogP contribution in [0.5, 0.6) is 0 Å². The van der Waals surface area contributed by atoms with Gasteiger partial charge in [0.2, 0.25) is 6.41 Å². The predicted octanol–water partition coefficient (Wildman–Crippen LogP) is 8.11. The van der Waals surface area contributed by atoms with Crippen molar-refractivity contribution in [3.63, 3.8) is 0 Å². The zero-order valence-electron chi connectivity index (χ0n) is 17.1. The van der Waals surface area contributed by atoms with Gasteiger partial charge >= 0.3 is 0 Å². The van der Waals surface area contributed by atoms with Gasteiger partial charge in [-0.05, 0) is 71.3 Å². The van der Waals surface area contributed by atoms with Gasteiger partial charge in [0.25, 0.3) is 0 Å². The zero-order chi connectivity index (χ0) is 22.7. The molecule has 7 heteroatoms. The molecule has 0 radical (unpaired) electrons. The predicted molar refractivity (Wildman–Crippen MR) is 145 cm³/mol. The molecule has 3 aromatic carbocycles. The Labute approximate surface area is 214 Å². The summed E-state index contributed by atoms with van der Waals surface area (Å²) in [4.78, 5) is 18.8. The zero-order valence-corrected chi connectivity index (χ0v) is 21.8. The largest absolute Gasteiger partial charge is 0.361 e. The van der Waals surface area contributed by atoms with Crippen LogP contribution in [0.2, 0.25) is 0 Å². The first kappa shape index (κ1) is 21.0. The van der Waals surface area contributed by atoms with Crippen molar-refractivity contribution in [1.82, 2.24) is 14.5 Å². The Hall–Kier alpha value is -2.61. The van der Waals surface area contributed by atoms with Crippen molar-refractivity contribution in [3.05, 3.63) is 103 Å². The first-order chi connectivity index (χ1) is 16.0. The van der Waals surface area contributed by atoms with E-state index in [0.717, 1.165) is 69.2 Å². The summed E-state index contributed by atoms with van der Waals surface area (Å²) in [7, 11) is 0. The quantitative estimate of drug-likeness (QED) is 0.191. The number of carbonyl (C=O) groups excluding carboxylic acids is 1. The number of nitrogens with zero attached hydrogens (tertiary/aromatic N) is 1. The van der Waals surface area contributed by atoms with Crippen molar-refractivity contribution in [2.75, 3.05) is 0 Å². The number of H-pyrrole nitrogens is 2. The van der Waals surface area contributed by atoms with Gasteiger partial charge in [-0.15, -0.1) is 0 Å². The highest BCUT2D eigenvalue weighted by atomic mass is 79.9. The molecule has 4 nitrogen and oxygen atoms in total. The summed E-state index contributed by atoms with van der Waals surface area (Å²) in [6.07, 6.45) is 7.00. The van der Waals surface area contributed by atoms with Crippen molar-refractivity contribution in [3.8, 4) is 0 Å². The van der Waals surface area contributed by atoms with Gasteiger partial charge in [-0.25, -0.2) is 0 Å². The van der Waals surface area contributed by atoms with Crippen LogP contribution < -0.4 is 0 Å². The summed E-state index contributed by atoms with van der Waals surface area (Å²) in [6, 6.07) is 18.6. The van der Waals surface area contributed by atoms with Gasteiger partial charge in [-0.2, -0.15) is 0 Å². The molecule has 0 unspecified atom stereocenters. The monoisotopic (exact) mass is 623 g/mol. The highest BCUT2D eigenvalue weighted by Gasteiger charge is 2.27. The summed E-state index contributed by atoms with van der Waals surface area (Å²) in [5, 5.41) is 3.32. The SMILES string of the molecule is O=Cn1cc(C(c2c[nH]c3ccc(Br)cc23)c2c[nH]c3ccc(Br)cc23)c2cc(Br)ccc21. The number of aromatic nitrogens is 3. The molecule has 6 rings (SSSR count). The molecule has 0 spiro atoms. The molecule has 6 aromatic rings. The Morgan fingerprint density at radius 3 is 1.76 bits per heavy atom. The Balaban J connectivity index is 1.73. The standard InChI is InChI=1S/C26H16Br3N3O/c27-14-1-4-23-17(7-14)20(10-30-23)26(21-11-31-24-5-2-15(28)8-18(21)24)22-12-32(13-33)25-6-3-16(29)9-19(22)25/h1-13,26,30-31H. The molecule has 0 bridgehead atoms. The molecule has 0 saturated heterocycles. The molecular formula is C26H16Br3N3O. The van der Waals surface area contributed by atoms with E-state index in [0.29, 0.717) is 0 Å². The molecule has 33 heavy (non-hydrogen) atoms. The fraction of sp³-hybridized carbons (Fsp3) is 0.0385. The van der Waals surface area contributed by atoms with Crippen molar-refractivity contribution >= 4 is 86.9 Å². The van der Waals surface area contributed by atoms with Crippen LogP contribution in [0, 0.1) is 0 Å². The van der Waals surface area contributed by atoms with Crippen LogP contribution in [0.15, 0.2) is 86.6 Å². The van der Waals surface area contributed by atoms with E-state index in [2.05, 4.69) is 100 Å². The summed E-state index contributed by atoms with van der Waals surface area (Å²) >= 11 is 10.9. The lowest BCUT2D eigenvalue weighted by Gasteiger charge is -2.17. The van der Waals surface area contributed by atoms with E-state index in [1.807, 2.05) is 30.5 Å². The first-order valence-electron chi connectivity index (χ1n) is 10.3. The van der Waals surface area contributed by atoms with Crippen LogP contribution in [0.25, 0.3) is 32.7 Å². The van der Waals surface area contributed by atoms with Crippen molar-refractivity contribution in [2.24, 2.45) is 0 Å². The highest BCUT2D eigenvalue weighted by molar-refractivity contribution is 9.11. The third-order valence-corrected chi connectivity index (χ3v) is 7.70. The van der Waals surface area contributed by atoms with Gasteiger partial charge in [0.1, 0.15) is 0 Å². The fourth-order valence-corrected chi connectivity index (χ4v) is 5.86. The van der Waals surface area contributed by atoms with E-state index in [1.165, 1.54) is 0 Å². The van der Waals surface area contributed by atoms with E-state index in [9.17, 15) is 4.79 Å². The van der Waals surface area contributed by atoms with Crippen LogP contribution in [-0.2, 0) is 4.79 Å². The van der Waals surface area contributed by atoms with E-state index < -0.39 is 0 Å². The fourth-order valence-electron chi connectivity index (χ4n) is 4.78. The van der Waals surface area contributed by atoms with Gasteiger partial charge in [0.05, 0.1) is 5.52 Å². The minimum Gasteiger partial charge on any atom is -0.361 e. The maximum absolute atomic E-state index is 12.0. The third-order valence-electron chi connectivity index (χ3n) is 6.22. The Kier molecular flexibility index (Phi) is 5.09. The number of hydrogen-bond acceptors (Lipinski definition) is 1. The molecule has 0 aliphatic rings. The second kappa shape index (κ2) is 8.01. The van der Waals surface area contributed by atoms with Gasteiger partial charge < -0.3 is 9.97 Å². The Bertz CT molecular complexity index is 1610. The smallest absolute Gasteiger partial charge is 0.218 e. The molecule has 3 aromatic heterocycles. The lowest BCUT2D eigenvalue weighted by molar-refractivity contribution is 0.549. The minimum absolute atomic E-state index is 0.103. The van der Waals surface area contributed by atoms with Crippen LogP contribution >= 0.6 is 47.8 Å². The first-order valence-corrected chi connectivity index (χ1v) is 12.7. The number of aromatic amines is 2. The van der Waals surface area contributed by atoms with Crippen LogP contribution in [0.1, 0.15) is 22.6 Å². The average Bonchev–Trinajstić information content (AvgIpc) is 3.50. The van der Waals surface area contributed by atoms with E-state index in [4.69, 9.17) is 0 Å². The number of fused-ring (bicyclic) bond motifs is 3. The number of hydrogen-bond donors (Lipinski definition) is 2. The van der Waals surface area contributed by atoms with E-state index >= 15 is 0 Å². The third kappa shape index (κ3) is 3.41. The summed E-state index contributed by atoms with van der Waals surface area (Å²) in [5.41, 5.74) is 6.39. The van der Waals surface area contributed by atoms with E-state index in [1.54, 1.807) is 4.57 Å². The maximum atomic E-state index is 12.0. The molecule has 0 atom stereocenters. The second-order valence-electron chi connectivity index (χ2n) is 8.06. The summed E-state index contributed by atoms with van der Waals surface area (Å²) in [5.74, 6) is -0.103. The van der Waals surface area contributed by atoms with Crippen molar-refractivity contribution in [1.29, 1.82) is 0 Å². The highest BCUT2D eigenvalue weighted by Crippen LogP contribution is 2.43. The molecule has 2 N–H and O–H groups in total. The summed E-state index contributed by atoms with van der Waals surface area (Å²) < 4.78 is 4.69. The van der Waals surface area contributed by atoms with Gasteiger partial charge in [-0.1, -0.05) is 47.8 Å². The molecular weight excluding hydrogens is 610 g/mol. The molecule has 162 valence electrons. The van der Waals surface area contributed by atoms with Gasteiger partial charge in [0, 0.05) is 65.1 Å². The molecule has 0 fully saturated rings. The number of carbonyl (C=O) groups is 1. The Morgan fingerprint density at radius 1 is 0.697 bits per heavy atom. The maximum Gasteiger partial charge on any atom is 0.218 e.